The van der Waals surface area contributed by atoms with Crippen molar-refractivity contribution in [1.29, 1.82) is 5.26 Å². The third-order valence-electron chi connectivity index (χ3n) is 6.38. The van der Waals surface area contributed by atoms with E-state index >= 15 is 0 Å². The van der Waals surface area contributed by atoms with Crippen LogP contribution < -0.4 is 4.74 Å². The molecule has 1 saturated carbocycles. The maximum Gasteiger partial charge on any atom is 0.264 e. The van der Waals surface area contributed by atoms with Crippen LogP contribution in [0.3, 0.4) is 0 Å². The summed E-state index contributed by atoms with van der Waals surface area (Å²) in [5.41, 5.74) is 3.14. The number of carbonyl (C=O) groups excluding carboxylic acids is 1. The van der Waals surface area contributed by atoms with Crippen LogP contribution in [0, 0.1) is 25.2 Å². The molecule has 2 heterocycles. The van der Waals surface area contributed by atoms with Crippen molar-refractivity contribution in [3.05, 3.63) is 52.9 Å². The Bertz CT molecular complexity index is 1240. The minimum Gasteiger partial charge on any atom is -0.494 e. The van der Waals surface area contributed by atoms with Crippen molar-refractivity contribution >= 4 is 22.0 Å². The quantitative estimate of drug-likeness (QED) is 0.446. The van der Waals surface area contributed by atoms with Gasteiger partial charge in [0.05, 0.1) is 11.5 Å². The highest BCUT2D eigenvalue weighted by Crippen LogP contribution is 2.38. The number of aryl methyl sites for hydroxylation is 1. The van der Waals surface area contributed by atoms with Gasteiger partial charge in [0, 0.05) is 43.6 Å². The number of sulfonamides is 1. The van der Waals surface area contributed by atoms with Gasteiger partial charge in [-0.25, -0.2) is 8.42 Å². The van der Waals surface area contributed by atoms with Gasteiger partial charge in [-0.1, -0.05) is 0 Å². The van der Waals surface area contributed by atoms with Crippen LogP contribution in [0.25, 0.3) is 6.08 Å². The van der Waals surface area contributed by atoms with Crippen molar-refractivity contribution in [3.63, 3.8) is 0 Å². The summed E-state index contributed by atoms with van der Waals surface area (Å²) in [7, 11) is -3.67. The molecule has 2 aliphatic rings. The lowest BCUT2D eigenvalue weighted by Gasteiger charge is -2.33. The van der Waals surface area contributed by atoms with Gasteiger partial charge < -0.3 is 14.2 Å². The molecule has 1 aromatic carbocycles. The monoisotopic (exact) mass is 482 g/mol. The van der Waals surface area contributed by atoms with Crippen LogP contribution >= 0.6 is 0 Å². The van der Waals surface area contributed by atoms with Gasteiger partial charge in [-0.2, -0.15) is 9.57 Å². The fraction of sp³-hybridized carbons (Fsp3) is 0.440. The molecule has 180 valence electrons. The van der Waals surface area contributed by atoms with Crippen LogP contribution in [-0.2, 0) is 14.8 Å². The third-order valence-corrected chi connectivity index (χ3v) is 8.30. The van der Waals surface area contributed by atoms with Crippen LogP contribution in [0.4, 0.5) is 0 Å². The summed E-state index contributed by atoms with van der Waals surface area (Å²) in [4.78, 5) is 14.8. The lowest BCUT2D eigenvalue weighted by atomic mass is 10.1. The first kappa shape index (κ1) is 24.0. The summed E-state index contributed by atoms with van der Waals surface area (Å²) in [6.45, 7) is 7.25. The normalized spacial score (nSPS) is 17.5. The SMILES string of the molecule is CCOc1ccc(S(=O)(=O)N2CCN(C(=O)/C(C#N)=C/c3cc(C)n(C4CC4)c3C)CC2)cc1. The second-order valence-corrected chi connectivity index (χ2v) is 10.6. The number of amides is 1. The molecule has 9 heteroatoms. The maximum absolute atomic E-state index is 13.1. The number of rotatable bonds is 7. The van der Waals surface area contributed by atoms with Crippen LogP contribution in [0.5, 0.6) is 5.75 Å². The minimum absolute atomic E-state index is 0.0684. The fourth-order valence-electron chi connectivity index (χ4n) is 4.47. The number of ether oxygens (including phenoxy) is 1. The van der Waals surface area contributed by atoms with Crippen molar-refractivity contribution in [2.75, 3.05) is 32.8 Å². The summed E-state index contributed by atoms with van der Waals surface area (Å²) < 4.78 is 35.1. The first-order valence-corrected chi connectivity index (χ1v) is 13.0. The number of piperazine rings is 1. The Morgan fingerprint density at radius 2 is 1.79 bits per heavy atom. The Morgan fingerprint density at radius 3 is 2.35 bits per heavy atom. The second-order valence-electron chi connectivity index (χ2n) is 8.70. The van der Waals surface area contributed by atoms with Crippen LogP contribution in [0.1, 0.15) is 42.8 Å². The number of nitriles is 1. The Morgan fingerprint density at radius 1 is 1.15 bits per heavy atom. The standard InChI is InChI=1S/C25H30N4O4S/c1-4-33-23-7-9-24(10-8-23)34(31,32)28-13-11-27(12-14-28)25(30)21(17-26)16-20-15-18(2)29(19(20)3)22-5-6-22/h7-10,15-16,22H,4-6,11-14H2,1-3H3/b21-16+. The van der Waals surface area contributed by atoms with Gasteiger partial charge >= 0.3 is 0 Å². The average molecular weight is 483 g/mol. The summed E-state index contributed by atoms with van der Waals surface area (Å²) in [5.74, 6) is 0.252. The van der Waals surface area contributed by atoms with E-state index in [0.717, 1.165) is 29.8 Å². The van der Waals surface area contributed by atoms with Gasteiger partial charge in [0.2, 0.25) is 10.0 Å². The zero-order chi connectivity index (χ0) is 24.5. The highest BCUT2D eigenvalue weighted by atomic mass is 32.2. The van der Waals surface area contributed by atoms with E-state index < -0.39 is 10.0 Å². The highest BCUT2D eigenvalue weighted by molar-refractivity contribution is 7.89. The molecule has 8 nitrogen and oxygen atoms in total. The first-order chi connectivity index (χ1) is 16.3. The molecule has 0 atom stereocenters. The van der Waals surface area contributed by atoms with Gasteiger partial charge in [0.25, 0.3) is 5.91 Å². The number of aromatic nitrogens is 1. The number of carbonyl (C=O) groups is 1. The van der Waals surface area contributed by atoms with Crippen molar-refractivity contribution in [3.8, 4) is 11.8 Å². The summed E-state index contributed by atoms with van der Waals surface area (Å²) >= 11 is 0. The maximum atomic E-state index is 13.1. The Balaban J connectivity index is 1.44. The molecule has 34 heavy (non-hydrogen) atoms. The lowest BCUT2D eigenvalue weighted by molar-refractivity contribution is -0.127. The molecule has 1 saturated heterocycles. The predicted molar refractivity (Wildman–Crippen MR) is 129 cm³/mol. The van der Waals surface area contributed by atoms with Gasteiger partial charge in [-0.15, -0.1) is 0 Å². The third kappa shape index (κ3) is 4.74. The number of hydrogen-bond acceptors (Lipinski definition) is 5. The van der Waals surface area contributed by atoms with Crippen molar-refractivity contribution < 1.29 is 17.9 Å². The number of benzene rings is 1. The predicted octanol–water partition coefficient (Wildman–Crippen LogP) is 3.28. The smallest absolute Gasteiger partial charge is 0.264 e. The van der Waals surface area contributed by atoms with E-state index in [1.807, 2.05) is 32.9 Å². The van der Waals surface area contributed by atoms with Crippen LogP contribution in [0.15, 0.2) is 40.8 Å². The number of nitrogens with zero attached hydrogens (tertiary/aromatic N) is 4. The van der Waals surface area contributed by atoms with E-state index in [0.29, 0.717) is 18.4 Å². The molecule has 2 fully saturated rings. The molecule has 1 aromatic heterocycles. The molecule has 4 rings (SSSR count). The van der Waals surface area contributed by atoms with Crippen molar-refractivity contribution in [2.45, 2.75) is 44.6 Å². The van der Waals surface area contributed by atoms with Crippen molar-refractivity contribution in [2.24, 2.45) is 0 Å². The van der Waals surface area contributed by atoms with E-state index in [2.05, 4.69) is 4.57 Å². The molecule has 0 spiro atoms. The summed E-state index contributed by atoms with van der Waals surface area (Å²) in [6.07, 6.45) is 3.98. The summed E-state index contributed by atoms with van der Waals surface area (Å²) in [6, 6.07) is 10.9. The van der Waals surface area contributed by atoms with E-state index in [1.54, 1.807) is 23.1 Å². The van der Waals surface area contributed by atoms with Gasteiger partial charge in [-0.3, -0.25) is 4.79 Å². The molecule has 1 aliphatic carbocycles. The second kappa shape index (κ2) is 9.65. The van der Waals surface area contributed by atoms with Crippen LogP contribution in [-0.4, -0.2) is 60.9 Å². The van der Waals surface area contributed by atoms with E-state index in [1.165, 1.54) is 16.4 Å². The Hall–Kier alpha value is -3.09. The molecule has 0 radical (unpaired) electrons. The van der Waals surface area contributed by atoms with Crippen LogP contribution in [0.2, 0.25) is 0 Å². The Labute approximate surface area is 201 Å². The molecule has 2 aromatic rings. The fourth-order valence-corrected chi connectivity index (χ4v) is 5.89. The van der Waals surface area contributed by atoms with E-state index in [4.69, 9.17) is 4.74 Å². The number of hydrogen-bond donors (Lipinski definition) is 0. The van der Waals surface area contributed by atoms with Gasteiger partial charge in [-0.05, 0) is 75.6 Å². The lowest BCUT2D eigenvalue weighted by Crippen LogP contribution is -2.50. The molecule has 0 unspecified atom stereocenters. The topological polar surface area (TPSA) is 95.6 Å². The van der Waals surface area contributed by atoms with Gasteiger partial charge in [0.1, 0.15) is 17.4 Å². The zero-order valence-electron chi connectivity index (χ0n) is 19.8. The highest BCUT2D eigenvalue weighted by Gasteiger charge is 2.31. The first-order valence-electron chi connectivity index (χ1n) is 11.6. The molecule has 0 N–H and O–H groups in total. The minimum atomic E-state index is -3.67. The molecule has 0 bridgehead atoms. The van der Waals surface area contributed by atoms with E-state index in [9.17, 15) is 18.5 Å². The molecular weight excluding hydrogens is 452 g/mol. The summed E-state index contributed by atoms with van der Waals surface area (Å²) in [5, 5.41) is 9.68. The van der Waals surface area contributed by atoms with Crippen molar-refractivity contribution in [1.82, 2.24) is 13.8 Å². The molecule has 1 aliphatic heterocycles. The zero-order valence-corrected chi connectivity index (χ0v) is 20.6. The average Bonchev–Trinajstić information content (AvgIpc) is 3.62. The Kier molecular flexibility index (Phi) is 6.82. The molecular formula is C25H30N4O4S. The van der Waals surface area contributed by atoms with Gasteiger partial charge in [0.15, 0.2) is 0 Å². The molecule has 1 amide bonds. The largest absolute Gasteiger partial charge is 0.494 e. The van der Waals surface area contributed by atoms with E-state index in [-0.39, 0.29) is 42.6 Å².